The molecule has 0 aliphatic rings. The molecule has 2 rings (SSSR count). The first-order chi connectivity index (χ1) is 10.5. The monoisotopic (exact) mass is 314 g/mol. The van der Waals surface area contributed by atoms with Crippen LogP contribution >= 0.6 is 11.3 Å². The van der Waals surface area contributed by atoms with E-state index in [9.17, 15) is 9.59 Å². The van der Waals surface area contributed by atoms with Crippen LogP contribution in [0.1, 0.15) is 27.0 Å². The van der Waals surface area contributed by atoms with Gasteiger partial charge in [0.05, 0.1) is 11.6 Å². The van der Waals surface area contributed by atoms with E-state index in [4.69, 9.17) is 10.00 Å². The van der Waals surface area contributed by atoms with Crippen molar-refractivity contribution in [3.8, 4) is 6.07 Å². The molecule has 0 aliphatic heterocycles. The van der Waals surface area contributed by atoms with Gasteiger partial charge in [-0.05, 0) is 50.2 Å². The van der Waals surface area contributed by atoms with Crippen LogP contribution in [-0.4, -0.2) is 18.0 Å². The third-order valence-electron chi connectivity index (χ3n) is 2.88. The lowest BCUT2D eigenvalue weighted by Gasteiger charge is -2.13. The number of carbonyl (C=O) groups excluding carboxylic acids is 2. The Labute approximate surface area is 132 Å². The van der Waals surface area contributed by atoms with Gasteiger partial charge in [0, 0.05) is 10.6 Å². The molecule has 0 spiro atoms. The van der Waals surface area contributed by atoms with E-state index in [1.54, 1.807) is 30.3 Å². The first kappa shape index (κ1) is 15.7. The summed E-state index contributed by atoms with van der Waals surface area (Å²) in [6.45, 7) is 3.40. The van der Waals surface area contributed by atoms with E-state index in [2.05, 4.69) is 5.32 Å². The topological polar surface area (TPSA) is 79.2 Å². The first-order valence-electron chi connectivity index (χ1n) is 6.58. The van der Waals surface area contributed by atoms with Gasteiger partial charge in [0.15, 0.2) is 6.10 Å². The number of esters is 1. The number of nitriles is 1. The lowest BCUT2D eigenvalue weighted by atomic mass is 10.2. The molecule has 5 nitrogen and oxygen atoms in total. The van der Waals surface area contributed by atoms with Gasteiger partial charge in [-0.1, -0.05) is 0 Å². The Morgan fingerprint density at radius 2 is 1.91 bits per heavy atom. The first-order valence-corrected chi connectivity index (χ1v) is 7.39. The number of hydrogen-bond donors (Lipinski definition) is 1. The highest BCUT2D eigenvalue weighted by atomic mass is 32.1. The fourth-order valence-electron chi connectivity index (χ4n) is 1.69. The molecule has 1 amide bonds. The smallest absolute Gasteiger partial charge is 0.349 e. The largest absolute Gasteiger partial charge is 0.448 e. The van der Waals surface area contributed by atoms with Crippen LogP contribution in [0, 0.1) is 18.3 Å². The minimum Gasteiger partial charge on any atom is -0.448 e. The molecule has 1 aromatic heterocycles. The van der Waals surface area contributed by atoms with Crippen molar-refractivity contribution in [3.63, 3.8) is 0 Å². The fraction of sp³-hybridized carbons (Fsp3) is 0.188. The number of carbonyl (C=O) groups is 2. The molecule has 6 heteroatoms. The zero-order valence-electron chi connectivity index (χ0n) is 12.1. The van der Waals surface area contributed by atoms with Crippen molar-refractivity contribution in [2.24, 2.45) is 0 Å². The van der Waals surface area contributed by atoms with Gasteiger partial charge in [-0.15, -0.1) is 11.3 Å². The van der Waals surface area contributed by atoms with Crippen LogP contribution in [0.5, 0.6) is 0 Å². The third-order valence-corrected chi connectivity index (χ3v) is 3.86. The molecule has 22 heavy (non-hydrogen) atoms. The van der Waals surface area contributed by atoms with Crippen molar-refractivity contribution in [3.05, 3.63) is 51.7 Å². The molecule has 112 valence electrons. The van der Waals surface area contributed by atoms with Crippen molar-refractivity contribution in [2.75, 3.05) is 5.32 Å². The summed E-state index contributed by atoms with van der Waals surface area (Å²) in [5.74, 6) is -0.938. The predicted molar refractivity (Wildman–Crippen MR) is 83.7 cm³/mol. The number of aryl methyl sites for hydroxylation is 1. The minimum absolute atomic E-state index is 0.425. The second-order valence-corrected chi connectivity index (χ2v) is 5.92. The Kier molecular flexibility index (Phi) is 4.92. The standard InChI is InChI=1S/C16H14N2O3S/c1-10-3-8-14(22-10)16(20)21-11(2)15(19)18-13-6-4-12(9-17)5-7-13/h3-8,11H,1-2H3,(H,18,19)/t11-/m0/s1. The minimum atomic E-state index is -0.912. The van der Waals surface area contributed by atoms with Gasteiger partial charge < -0.3 is 10.1 Å². The Morgan fingerprint density at radius 3 is 2.45 bits per heavy atom. The molecule has 0 unspecified atom stereocenters. The normalized spacial score (nSPS) is 11.3. The SMILES string of the molecule is Cc1ccc(C(=O)O[C@@H](C)C(=O)Nc2ccc(C#N)cc2)s1. The fourth-order valence-corrected chi connectivity index (χ4v) is 2.44. The van der Waals surface area contributed by atoms with Crippen LogP contribution in [0.3, 0.4) is 0 Å². The Bertz CT molecular complexity index is 729. The highest BCUT2D eigenvalue weighted by Gasteiger charge is 2.19. The van der Waals surface area contributed by atoms with Crippen LogP contribution in [0.4, 0.5) is 5.69 Å². The number of benzene rings is 1. The highest BCUT2D eigenvalue weighted by Crippen LogP contribution is 2.17. The van der Waals surface area contributed by atoms with Crippen molar-refractivity contribution in [1.82, 2.24) is 0 Å². The van der Waals surface area contributed by atoms with E-state index in [1.807, 2.05) is 19.1 Å². The van der Waals surface area contributed by atoms with Crippen LogP contribution in [0.15, 0.2) is 36.4 Å². The highest BCUT2D eigenvalue weighted by molar-refractivity contribution is 7.13. The molecule has 0 saturated heterocycles. The van der Waals surface area contributed by atoms with E-state index < -0.39 is 18.0 Å². The van der Waals surface area contributed by atoms with Crippen LogP contribution in [0.25, 0.3) is 0 Å². The Balaban J connectivity index is 1.94. The second-order valence-electron chi connectivity index (χ2n) is 4.64. The average Bonchev–Trinajstić information content (AvgIpc) is 2.94. The molecule has 1 aromatic carbocycles. The summed E-state index contributed by atoms with van der Waals surface area (Å²) in [5, 5.41) is 11.3. The van der Waals surface area contributed by atoms with E-state index in [1.165, 1.54) is 18.3 Å². The molecule has 0 fully saturated rings. The van der Waals surface area contributed by atoms with Gasteiger partial charge >= 0.3 is 5.97 Å². The van der Waals surface area contributed by atoms with Crippen molar-refractivity contribution < 1.29 is 14.3 Å². The van der Waals surface area contributed by atoms with Crippen molar-refractivity contribution in [1.29, 1.82) is 5.26 Å². The molecular formula is C16H14N2O3S. The molecule has 1 N–H and O–H groups in total. The van der Waals surface area contributed by atoms with Crippen molar-refractivity contribution >= 4 is 28.9 Å². The summed E-state index contributed by atoms with van der Waals surface area (Å²) in [4.78, 5) is 25.3. The summed E-state index contributed by atoms with van der Waals surface area (Å²) in [7, 11) is 0. The van der Waals surface area contributed by atoms with E-state index in [0.717, 1.165) is 4.88 Å². The maximum Gasteiger partial charge on any atom is 0.349 e. The Morgan fingerprint density at radius 1 is 1.23 bits per heavy atom. The lowest BCUT2D eigenvalue weighted by Crippen LogP contribution is -2.29. The average molecular weight is 314 g/mol. The van der Waals surface area contributed by atoms with Gasteiger partial charge in [-0.25, -0.2) is 4.79 Å². The maximum absolute atomic E-state index is 12.0. The van der Waals surface area contributed by atoms with Gasteiger partial charge in [0.2, 0.25) is 0 Å². The van der Waals surface area contributed by atoms with Crippen LogP contribution < -0.4 is 5.32 Å². The number of nitrogens with zero attached hydrogens (tertiary/aromatic N) is 1. The molecule has 0 saturated carbocycles. The van der Waals surface area contributed by atoms with Gasteiger partial charge in [-0.3, -0.25) is 4.79 Å². The molecule has 2 aromatic rings. The number of rotatable bonds is 4. The van der Waals surface area contributed by atoms with E-state index >= 15 is 0 Å². The van der Waals surface area contributed by atoms with Gasteiger partial charge in [0.1, 0.15) is 4.88 Å². The summed E-state index contributed by atoms with van der Waals surface area (Å²) >= 11 is 1.32. The lowest BCUT2D eigenvalue weighted by molar-refractivity contribution is -0.123. The van der Waals surface area contributed by atoms with Crippen LogP contribution in [-0.2, 0) is 9.53 Å². The van der Waals surface area contributed by atoms with Crippen molar-refractivity contribution in [2.45, 2.75) is 20.0 Å². The summed E-state index contributed by atoms with van der Waals surface area (Å²) in [6.07, 6.45) is -0.912. The Hall–Kier alpha value is -2.65. The second kappa shape index (κ2) is 6.87. The van der Waals surface area contributed by atoms with E-state index in [0.29, 0.717) is 16.1 Å². The zero-order chi connectivity index (χ0) is 16.1. The number of nitrogens with one attached hydrogen (secondary N) is 1. The summed E-state index contributed by atoms with van der Waals surface area (Å²) in [6, 6.07) is 11.9. The number of hydrogen-bond acceptors (Lipinski definition) is 5. The summed E-state index contributed by atoms with van der Waals surface area (Å²) in [5.41, 5.74) is 1.05. The predicted octanol–water partition coefficient (Wildman–Crippen LogP) is 3.11. The third kappa shape index (κ3) is 3.93. The molecular weight excluding hydrogens is 300 g/mol. The number of thiophene rings is 1. The zero-order valence-corrected chi connectivity index (χ0v) is 12.9. The molecule has 1 heterocycles. The van der Waals surface area contributed by atoms with Gasteiger partial charge in [0.25, 0.3) is 5.91 Å². The number of amides is 1. The molecule has 0 aliphatic carbocycles. The quantitative estimate of drug-likeness (QED) is 0.879. The summed E-state index contributed by atoms with van der Waals surface area (Å²) < 4.78 is 5.14. The van der Waals surface area contributed by atoms with Gasteiger partial charge in [-0.2, -0.15) is 5.26 Å². The number of anilines is 1. The molecule has 0 bridgehead atoms. The van der Waals surface area contributed by atoms with E-state index in [-0.39, 0.29) is 0 Å². The van der Waals surface area contributed by atoms with Crippen LogP contribution in [0.2, 0.25) is 0 Å². The number of ether oxygens (including phenoxy) is 1. The molecule has 1 atom stereocenters. The molecule has 0 radical (unpaired) electrons. The maximum atomic E-state index is 12.0.